The zero-order valence-corrected chi connectivity index (χ0v) is 12.2. The largest absolute Gasteiger partial charge is 0.319 e. The third-order valence-electron chi connectivity index (χ3n) is 3.41. The summed E-state index contributed by atoms with van der Waals surface area (Å²) in [5.74, 6) is 0.825. The van der Waals surface area contributed by atoms with Crippen LogP contribution in [0.5, 0.6) is 0 Å². The molecule has 1 aromatic heterocycles. The molecule has 0 spiro atoms. The highest BCUT2D eigenvalue weighted by Gasteiger charge is 2.21. The quantitative estimate of drug-likeness (QED) is 0.857. The molecule has 2 rings (SSSR count). The highest BCUT2D eigenvalue weighted by Crippen LogP contribution is 2.17. The number of likely N-dealkylation sites (tertiary alicyclic amines) is 1. The summed E-state index contributed by atoms with van der Waals surface area (Å²) in [5, 5.41) is 7.65. The molecule has 18 heavy (non-hydrogen) atoms. The Balaban J connectivity index is 0.00000162. The van der Waals surface area contributed by atoms with Crippen molar-refractivity contribution in [3.05, 3.63) is 18.0 Å². The molecule has 1 aliphatic heterocycles. The minimum atomic E-state index is 0. The second-order valence-electron chi connectivity index (χ2n) is 5.06. The van der Waals surface area contributed by atoms with E-state index in [1.807, 2.05) is 13.2 Å². The molecule has 0 amide bonds. The third-order valence-corrected chi connectivity index (χ3v) is 3.41. The maximum absolute atomic E-state index is 4.38. The van der Waals surface area contributed by atoms with Crippen molar-refractivity contribution in [1.82, 2.24) is 20.0 Å². The van der Waals surface area contributed by atoms with Crippen molar-refractivity contribution in [2.45, 2.75) is 32.9 Å². The van der Waals surface area contributed by atoms with Crippen LogP contribution in [-0.2, 0) is 13.1 Å². The zero-order valence-electron chi connectivity index (χ0n) is 11.4. The van der Waals surface area contributed by atoms with E-state index in [1.165, 1.54) is 25.1 Å². The Morgan fingerprint density at radius 2 is 2.33 bits per heavy atom. The van der Waals surface area contributed by atoms with Gasteiger partial charge in [0.15, 0.2) is 0 Å². The van der Waals surface area contributed by atoms with Crippen LogP contribution in [0.25, 0.3) is 0 Å². The third kappa shape index (κ3) is 4.26. The van der Waals surface area contributed by atoms with Crippen molar-refractivity contribution in [2.75, 3.05) is 26.7 Å². The van der Waals surface area contributed by atoms with Crippen LogP contribution in [0, 0.1) is 5.92 Å². The summed E-state index contributed by atoms with van der Waals surface area (Å²) >= 11 is 0. The van der Waals surface area contributed by atoms with Crippen LogP contribution in [0.15, 0.2) is 12.4 Å². The summed E-state index contributed by atoms with van der Waals surface area (Å²) in [6, 6.07) is 0. The van der Waals surface area contributed by atoms with Crippen molar-refractivity contribution < 1.29 is 0 Å². The fraction of sp³-hybridized carbons (Fsp3) is 0.769. The highest BCUT2D eigenvalue weighted by molar-refractivity contribution is 5.85. The van der Waals surface area contributed by atoms with Crippen molar-refractivity contribution in [2.24, 2.45) is 5.92 Å². The minimum Gasteiger partial charge on any atom is -0.319 e. The summed E-state index contributed by atoms with van der Waals surface area (Å²) in [4.78, 5) is 2.54. The molecular formula is C13H25ClN4. The number of aryl methyl sites for hydroxylation is 1. The van der Waals surface area contributed by atoms with Gasteiger partial charge < -0.3 is 5.32 Å². The fourth-order valence-corrected chi connectivity index (χ4v) is 2.61. The molecule has 0 aliphatic carbocycles. The molecule has 1 saturated heterocycles. The molecule has 0 aromatic carbocycles. The summed E-state index contributed by atoms with van der Waals surface area (Å²) in [7, 11) is 2.04. The molecule has 4 nitrogen and oxygen atoms in total. The smallest absolute Gasteiger partial charge is 0.0534 e. The normalized spacial score (nSPS) is 20.0. The number of nitrogens with zero attached hydrogens (tertiary/aromatic N) is 3. The van der Waals surface area contributed by atoms with Crippen molar-refractivity contribution >= 4 is 12.4 Å². The molecule has 5 heteroatoms. The summed E-state index contributed by atoms with van der Waals surface area (Å²) in [6.45, 7) is 7.87. The molecule has 0 radical (unpaired) electrons. The molecule has 1 aromatic rings. The lowest BCUT2D eigenvalue weighted by atomic mass is 10.1. The van der Waals surface area contributed by atoms with Gasteiger partial charge >= 0.3 is 0 Å². The van der Waals surface area contributed by atoms with Gasteiger partial charge in [0.1, 0.15) is 0 Å². The molecule has 1 N–H and O–H groups in total. The van der Waals surface area contributed by atoms with E-state index < -0.39 is 0 Å². The lowest BCUT2D eigenvalue weighted by molar-refractivity contribution is 0.315. The second kappa shape index (κ2) is 7.77. The Labute approximate surface area is 116 Å². The van der Waals surface area contributed by atoms with Gasteiger partial charge in [-0.05, 0) is 38.9 Å². The summed E-state index contributed by atoms with van der Waals surface area (Å²) in [5.41, 5.74) is 1.35. The predicted octanol–water partition coefficient (Wildman–Crippen LogP) is 1.76. The molecular weight excluding hydrogens is 248 g/mol. The maximum Gasteiger partial charge on any atom is 0.0534 e. The van der Waals surface area contributed by atoms with Gasteiger partial charge in [-0.15, -0.1) is 12.4 Å². The predicted molar refractivity (Wildman–Crippen MR) is 77.1 cm³/mol. The number of rotatable bonds is 6. The lowest BCUT2D eigenvalue weighted by Crippen LogP contribution is -2.24. The Morgan fingerprint density at radius 3 is 3.06 bits per heavy atom. The molecule has 0 bridgehead atoms. The van der Waals surface area contributed by atoms with Gasteiger partial charge in [0.05, 0.1) is 6.20 Å². The van der Waals surface area contributed by atoms with Crippen LogP contribution >= 0.6 is 12.4 Å². The second-order valence-corrected chi connectivity index (χ2v) is 5.06. The molecule has 1 fully saturated rings. The molecule has 0 saturated carbocycles. The number of nitrogens with one attached hydrogen (secondary N) is 1. The standard InChI is InChI=1S/C13H24N4.ClH/c1-3-5-17-11-13(8-15-17)10-16-6-4-12(9-16)7-14-2;/h8,11-12,14H,3-7,9-10H2,1-2H3;1H. The van der Waals surface area contributed by atoms with Crippen LogP contribution < -0.4 is 5.32 Å². The van der Waals surface area contributed by atoms with Gasteiger partial charge in [-0.2, -0.15) is 5.10 Å². The van der Waals surface area contributed by atoms with Crippen LogP contribution in [0.1, 0.15) is 25.3 Å². The van der Waals surface area contributed by atoms with Gasteiger partial charge in [0.2, 0.25) is 0 Å². The fourth-order valence-electron chi connectivity index (χ4n) is 2.61. The van der Waals surface area contributed by atoms with Crippen molar-refractivity contribution in [3.8, 4) is 0 Å². The maximum atomic E-state index is 4.38. The molecule has 1 unspecified atom stereocenters. The van der Waals surface area contributed by atoms with Gasteiger partial charge in [0, 0.05) is 31.4 Å². The van der Waals surface area contributed by atoms with Gasteiger partial charge in [-0.25, -0.2) is 0 Å². The van der Waals surface area contributed by atoms with E-state index >= 15 is 0 Å². The van der Waals surface area contributed by atoms with E-state index in [1.54, 1.807) is 0 Å². The Morgan fingerprint density at radius 1 is 1.50 bits per heavy atom. The molecule has 1 atom stereocenters. The van der Waals surface area contributed by atoms with Gasteiger partial charge in [-0.1, -0.05) is 6.92 Å². The van der Waals surface area contributed by atoms with E-state index in [4.69, 9.17) is 0 Å². The van der Waals surface area contributed by atoms with Crippen molar-refractivity contribution in [1.29, 1.82) is 0 Å². The summed E-state index contributed by atoms with van der Waals surface area (Å²) < 4.78 is 2.05. The van der Waals surface area contributed by atoms with E-state index in [9.17, 15) is 0 Å². The first-order valence-electron chi connectivity index (χ1n) is 6.70. The first-order valence-corrected chi connectivity index (χ1v) is 6.70. The molecule has 104 valence electrons. The Hall–Kier alpha value is -0.580. The minimum absolute atomic E-state index is 0. The van der Waals surface area contributed by atoms with E-state index in [-0.39, 0.29) is 12.4 Å². The summed E-state index contributed by atoms with van der Waals surface area (Å²) in [6.07, 6.45) is 6.68. The highest BCUT2D eigenvalue weighted by atomic mass is 35.5. The average Bonchev–Trinajstić information content (AvgIpc) is 2.91. The van der Waals surface area contributed by atoms with Crippen LogP contribution in [0.3, 0.4) is 0 Å². The first kappa shape index (κ1) is 15.5. The van der Waals surface area contributed by atoms with Crippen LogP contribution in [0.2, 0.25) is 0 Å². The SMILES string of the molecule is CCCn1cc(CN2CCC(CNC)C2)cn1.Cl. The first-order chi connectivity index (χ1) is 8.31. The number of hydrogen-bond acceptors (Lipinski definition) is 3. The Kier molecular flexibility index (Phi) is 6.68. The lowest BCUT2D eigenvalue weighted by Gasteiger charge is -2.14. The van der Waals surface area contributed by atoms with Crippen molar-refractivity contribution in [3.63, 3.8) is 0 Å². The van der Waals surface area contributed by atoms with E-state index in [2.05, 4.69) is 33.1 Å². The number of hydrogen-bond donors (Lipinski definition) is 1. The van der Waals surface area contributed by atoms with Gasteiger partial charge in [0.25, 0.3) is 0 Å². The van der Waals surface area contributed by atoms with E-state index in [0.29, 0.717) is 0 Å². The van der Waals surface area contributed by atoms with Gasteiger partial charge in [-0.3, -0.25) is 9.58 Å². The topological polar surface area (TPSA) is 33.1 Å². The average molecular weight is 273 g/mol. The zero-order chi connectivity index (χ0) is 12.1. The monoisotopic (exact) mass is 272 g/mol. The molecule has 1 aliphatic rings. The molecule has 2 heterocycles. The number of aromatic nitrogens is 2. The van der Waals surface area contributed by atoms with Crippen LogP contribution in [-0.4, -0.2) is 41.4 Å². The number of halogens is 1. The van der Waals surface area contributed by atoms with Crippen LogP contribution in [0.4, 0.5) is 0 Å². The Bertz CT molecular complexity index is 339. The van der Waals surface area contributed by atoms with E-state index in [0.717, 1.165) is 32.0 Å².